The monoisotopic (exact) mass is 404 g/mol. The number of hydrogen-bond donors (Lipinski definition) is 0. The van der Waals surface area contributed by atoms with Crippen LogP contribution in [0.5, 0.6) is 5.75 Å². The van der Waals surface area contributed by atoms with E-state index >= 15 is 0 Å². The first-order chi connectivity index (χ1) is 14.8. The third-order valence-corrected chi connectivity index (χ3v) is 5.91. The molecule has 0 aromatic heterocycles. The van der Waals surface area contributed by atoms with E-state index in [2.05, 4.69) is 55.5 Å². The van der Waals surface area contributed by atoms with Crippen molar-refractivity contribution >= 4 is 11.4 Å². The van der Waals surface area contributed by atoms with E-state index in [-0.39, 0.29) is 5.78 Å². The maximum Gasteiger partial charge on any atom is 0.155 e. The van der Waals surface area contributed by atoms with Gasteiger partial charge in [0.15, 0.2) is 5.78 Å². The fourth-order valence-corrected chi connectivity index (χ4v) is 4.07. The minimum absolute atomic E-state index is 0.253. The molecule has 0 spiro atoms. The molecule has 3 rings (SSSR count). The van der Waals surface area contributed by atoms with Crippen LogP contribution in [-0.2, 0) is 4.79 Å². The van der Waals surface area contributed by atoms with Crippen LogP contribution >= 0.6 is 0 Å². The Balaban J connectivity index is 1.41. The fourth-order valence-electron chi connectivity index (χ4n) is 4.07. The van der Waals surface area contributed by atoms with E-state index in [1.54, 1.807) is 0 Å². The van der Waals surface area contributed by atoms with Gasteiger partial charge in [-0.15, -0.1) is 0 Å². The fraction of sp³-hybridized carbons (Fsp3) is 0.464. The molecule has 0 fully saturated rings. The Hall–Kier alpha value is -2.35. The molecular weight excluding hydrogens is 368 g/mol. The van der Waals surface area contributed by atoms with Crippen LogP contribution in [0.3, 0.4) is 0 Å². The Kier molecular flexibility index (Phi) is 9.21. The van der Waals surface area contributed by atoms with Gasteiger partial charge in [-0.2, -0.15) is 0 Å². The quantitative estimate of drug-likeness (QED) is 0.335. The highest BCUT2D eigenvalue weighted by Gasteiger charge is 2.11. The van der Waals surface area contributed by atoms with Gasteiger partial charge in [-0.1, -0.05) is 88.3 Å². The highest BCUT2D eigenvalue weighted by Crippen LogP contribution is 2.28. The molecule has 0 saturated carbocycles. The van der Waals surface area contributed by atoms with E-state index in [9.17, 15) is 4.79 Å². The lowest BCUT2D eigenvalue weighted by Gasteiger charge is -2.13. The van der Waals surface area contributed by atoms with Crippen LogP contribution in [0.25, 0.3) is 16.7 Å². The molecular formula is C28H36O2. The van der Waals surface area contributed by atoms with E-state index < -0.39 is 0 Å². The summed E-state index contributed by atoms with van der Waals surface area (Å²) in [6.45, 7) is 3.07. The van der Waals surface area contributed by atoms with Crippen molar-refractivity contribution in [1.82, 2.24) is 0 Å². The van der Waals surface area contributed by atoms with Gasteiger partial charge in [0, 0.05) is 6.42 Å². The van der Waals surface area contributed by atoms with Crippen molar-refractivity contribution in [3.05, 3.63) is 60.2 Å². The Labute approximate surface area is 182 Å². The summed E-state index contributed by atoms with van der Waals surface area (Å²) in [6, 6.07) is 16.9. The summed E-state index contributed by atoms with van der Waals surface area (Å²) in [5.74, 6) is 1.20. The summed E-state index contributed by atoms with van der Waals surface area (Å²) in [5.41, 5.74) is 4.71. The zero-order valence-corrected chi connectivity index (χ0v) is 18.5. The zero-order valence-electron chi connectivity index (χ0n) is 18.5. The molecule has 2 heteroatoms. The lowest BCUT2D eigenvalue weighted by molar-refractivity contribution is -0.114. The maximum atomic E-state index is 11.7. The Morgan fingerprint density at radius 3 is 1.90 bits per heavy atom. The number of unbranched alkanes of at least 4 members (excludes halogenated alkanes) is 7. The van der Waals surface area contributed by atoms with Crippen LogP contribution in [0.2, 0.25) is 0 Å². The van der Waals surface area contributed by atoms with Gasteiger partial charge in [-0.05, 0) is 59.7 Å². The maximum absolute atomic E-state index is 11.7. The minimum Gasteiger partial charge on any atom is -0.494 e. The second kappa shape index (κ2) is 12.4. The number of carbonyl (C=O) groups excluding carboxylic acids is 1. The number of hydrogen-bond acceptors (Lipinski definition) is 2. The van der Waals surface area contributed by atoms with Crippen molar-refractivity contribution in [1.29, 1.82) is 0 Å². The van der Waals surface area contributed by atoms with Crippen molar-refractivity contribution in [3.63, 3.8) is 0 Å². The molecule has 160 valence electrons. The second-order valence-electron chi connectivity index (χ2n) is 8.41. The number of rotatable bonds is 12. The van der Waals surface area contributed by atoms with E-state index in [1.165, 1.54) is 61.6 Å². The average molecular weight is 405 g/mol. The first-order valence-electron chi connectivity index (χ1n) is 11.8. The zero-order chi connectivity index (χ0) is 21.0. The summed E-state index contributed by atoms with van der Waals surface area (Å²) in [7, 11) is 0. The largest absolute Gasteiger partial charge is 0.494 e. The van der Waals surface area contributed by atoms with Crippen LogP contribution in [0, 0.1) is 0 Å². The molecule has 0 bridgehead atoms. The molecule has 0 amide bonds. The van der Waals surface area contributed by atoms with Crippen molar-refractivity contribution in [2.24, 2.45) is 0 Å². The van der Waals surface area contributed by atoms with Crippen LogP contribution in [0.15, 0.2) is 54.6 Å². The van der Waals surface area contributed by atoms with E-state index in [4.69, 9.17) is 4.74 Å². The van der Waals surface area contributed by atoms with Crippen molar-refractivity contribution in [3.8, 4) is 16.9 Å². The SMILES string of the molecule is CCCCCCCCCCOc1ccc(-c2ccc(C3=CC(=O)CCC3)cc2)cc1. The molecule has 0 saturated heterocycles. The van der Waals surface area contributed by atoms with Crippen molar-refractivity contribution in [2.45, 2.75) is 77.6 Å². The van der Waals surface area contributed by atoms with E-state index in [1.807, 2.05) is 6.08 Å². The molecule has 30 heavy (non-hydrogen) atoms. The van der Waals surface area contributed by atoms with Crippen LogP contribution in [-0.4, -0.2) is 12.4 Å². The Morgan fingerprint density at radius 2 is 1.27 bits per heavy atom. The lowest BCUT2D eigenvalue weighted by atomic mass is 9.92. The molecule has 0 unspecified atom stereocenters. The molecule has 2 aromatic rings. The minimum atomic E-state index is 0.253. The van der Waals surface area contributed by atoms with Gasteiger partial charge in [0.2, 0.25) is 0 Å². The van der Waals surface area contributed by atoms with E-state index in [0.29, 0.717) is 6.42 Å². The van der Waals surface area contributed by atoms with Gasteiger partial charge < -0.3 is 4.74 Å². The molecule has 0 atom stereocenters. The third-order valence-electron chi connectivity index (χ3n) is 5.91. The van der Waals surface area contributed by atoms with E-state index in [0.717, 1.165) is 37.2 Å². The average Bonchev–Trinajstić information content (AvgIpc) is 2.78. The Morgan fingerprint density at radius 1 is 0.700 bits per heavy atom. The van der Waals surface area contributed by atoms with Gasteiger partial charge >= 0.3 is 0 Å². The highest BCUT2D eigenvalue weighted by molar-refractivity contribution is 5.98. The summed E-state index contributed by atoms with van der Waals surface area (Å²) < 4.78 is 5.91. The van der Waals surface area contributed by atoms with Gasteiger partial charge in [0.05, 0.1) is 6.61 Å². The number of allylic oxidation sites excluding steroid dienone is 2. The lowest BCUT2D eigenvalue weighted by Crippen LogP contribution is -2.01. The Bertz CT molecular complexity index is 800. The molecule has 1 aliphatic carbocycles. The first kappa shape index (κ1) is 22.3. The van der Waals surface area contributed by atoms with Gasteiger partial charge in [-0.3, -0.25) is 4.79 Å². The number of carbonyl (C=O) groups is 1. The van der Waals surface area contributed by atoms with Crippen LogP contribution < -0.4 is 4.74 Å². The van der Waals surface area contributed by atoms with Crippen LogP contribution in [0.4, 0.5) is 0 Å². The molecule has 2 nitrogen and oxygen atoms in total. The molecule has 0 heterocycles. The van der Waals surface area contributed by atoms with Crippen LogP contribution in [0.1, 0.15) is 83.1 Å². The third kappa shape index (κ3) is 7.16. The van der Waals surface area contributed by atoms with Gasteiger partial charge in [0.1, 0.15) is 5.75 Å². The highest BCUT2D eigenvalue weighted by atomic mass is 16.5. The predicted octanol–water partition coefficient (Wildman–Crippen LogP) is 8.01. The van der Waals surface area contributed by atoms with Gasteiger partial charge in [-0.25, -0.2) is 0 Å². The summed E-state index contributed by atoms with van der Waals surface area (Å²) in [5, 5.41) is 0. The summed E-state index contributed by atoms with van der Waals surface area (Å²) in [6.07, 6.45) is 15.0. The normalized spacial score (nSPS) is 13.9. The van der Waals surface area contributed by atoms with Gasteiger partial charge in [0.25, 0.3) is 0 Å². The molecule has 0 N–H and O–H groups in total. The smallest absolute Gasteiger partial charge is 0.155 e. The molecule has 0 aliphatic heterocycles. The standard InChI is InChI=1S/C28H36O2/c1-2-3-4-5-6-7-8-9-21-30-28-19-17-24(18-20-28)23-13-15-25(16-14-23)26-11-10-12-27(29)22-26/h13-20,22H,2-12,21H2,1H3. The molecule has 0 radical (unpaired) electrons. The number of benzene rings is 2. The summed E-state index contributed by atoms with van der Waals surface area (Å²) >= 11 is 0. The first-order valence-corrected chi connectivity index (χ1v) is 11.8. The number of ketones is 1. The molecule has 2 aromatic carbocycles. The summed E-state index contributed by atoms with van der Waals surface area (Å²) in [4.78, 5) is 11.7. The second-order valence-corrected chi connectivity index (χ2v) is 8.41. The predicted molar refractivity (Wildman–Crippen MR) is 127 cm³/mol. The topological polar surface area (TPSA) is 26.3 Å². The van der Waals surface area contributed by atoms with Crippen molar-refractivity contribution < 1.29 is 9.53 Å². The molecule has 1 aliphatic rings. The van der Waals surface area contributed by atoms with Crippen molar-refractivity contribution in [2.75, 3.05) is 6.61 Å². The number of ether oxygens (including phenoxy) is 1.